The van der Waals surface area contributed by atoms with Crippen molar-refractivity contribution in [2.75, 3.05) is 23.8 Å². The Kier molecular flexibility index (Phi) is 9.40. The van der Waals surface area contributed by atoms with Crippen LogP contribution in [-0.2, 0) is 9.53 Å². The molecule has 8 heteroatoms. The summed E-state index contributed by atoms with van der Waals surface area (Å²) in [5.74, 6) is -0.0853. The van der Waals surface area contributed by atoms with Crippen LogP contribution in [0.5, 0.6) is 0 Å². The molecule has 2 rings (SSSR count). The number of hydrogen-bond donors (Lipinski definition) is 4. The van der Waals surface area contributed by atoms with Gasteiger partial charge < -0.3 is 26.4 Å². The van der Waals surface area contributed by atoms with Gasteiger partial charge in [-0.05, 0) is 43.0 Å². The number of anilines is 2. The van der Waals surface area contributed by atoms with Crippen molar-refractivity contribution in [3.05, 3.63) is 24.3 Å². The average molecular weight is 385 g/mol. The van der Waals surface area contributed by atoms with Gasteiger partial charge in [0.25, 0.3) is 0 Å². The summed E-state index contributed by atoms with van der Waals surface area (Å²) in [6, 6.07) is 6.12. The summed E-state index contributed by atoms with van der Waals surface area (Å²) in [5, 5.41) is 8.34. The van der Waals surface area contributed by atoms with Crippen LogP contribution in [-0.4, -0.2) is 37.2 Å². The van der Waals surface area contributed by atoms with Crippen molar-refractivity contribution >= 4 is 35.7 Å². The first kappa shape index (κ1) is 22.2. The highest BCUT2D eigenvalue weighted by atomic mass is 35.5. The molecule has 3 unspecified atom stereocenters. The molecule has 0 radical (unpaired) electrons. The predicted molar refractivity (Wildman–Crippen MR) is 106 cm³/mol. The Morgan fingerprint density at radius 2 is 1.85 bits per heavy atom. The second kappa shape index (κ2) is 11.0. The summed E-state index contributed by atoms with van der Waals surface area (Å²) in [6.45, 7) is 5.23. The number of ether oxygens (including phenoxy) is 1. The summed E-state index contributed by atoms with van der Waals surface area (Å²) in [4.78, 5) is 23.9. The molecule has 1 saturated heterocycles. The largest absolute Gasteiger partial charge is 0.376 e. The minimum atomic E-state index is -0.536. The standard InChI is InChI=1S/C18H28N4O3.ClH/c1-3-12(2)16(19)17(23)21-13-6-8-14(9-7-13)22-18(24)20-11-15-5-4-10-25-15;/h6-9,12,15-16H,3-5,10-11,19H2,1-2H3,(H,21,23)(H2,20,22,24);1H. The molecule has 146 valence electrons. The smallest absolute Gasteiger partial charge is 0.319 e. The van der Waals surface area contributed by atoms with Gasteiger partial charge in [0, 0.05) is 24.5 Å². The van der Waals surface area contributed by atoms with Crippen molar-refractivity contribution in [1.82, 2.24) is 5.32 Å². The molecule has 0 aliphatic carbocycles. The lowest BCUT2D eigenvalue weighted by Crippen LogP contribution is -2.40. The number of nitrogens with two attached hydrogens (primary N) is 1. The van der Waals surface area contributed by atoms with Gasteiger partial charge in [0.1, 0.15) is 0 Å². The lowest BCUT2D eigenvalue weighted by Gasteiger charge is -2.18. The molecule has 0 bridgehead atoms. The van der Waals surface area contributed by atoms with Crippen molar-refractivity contribution in [1.29, 1.82) is 0 Å². The second-order valence-electron chi connectivity index (χ2n) is 6.45. The van der Waals surface area contributed by atoms with E-state index < -0.39 is 6.04 Å². The third-order valence-electron chi connectivity index (χ3n) is 4.48. The van der Waals surface area contributed by atoms with Crippen LogP contribution in [0.2, 0.25) is 0 Å². The lowest BCUT2D eigenvalue weighted by atomic mass is 9.99. The maximum Gasteiger partial charge on any atom is 0.319 e. The zero-order valence-corrected chi connectivity index (χ0v) is 16.1. The molecule has 1 heterocycles. The van der Waals surface area contributed by atoms with E-state index in [0.29, 0.717) is 17.9 Å². The van der Waals surface area contributed by atoms with Crippen molar-refractivity contribution in [3.8, 4) is 0 Å². The molecule has 0 aromatic heterocycles. The number of carbonyl (C=O) groups excluding carboxylic acids is 2. The van der Waals surface area contributed by atoms with Crippen molar-refractivity contribution in [2.24, 2.45) is 11.7 Å². The summed E-state index contributed by atoms with van der Waals surface area (Å²) in [6.07, 6.45) is 2.98. The van der Waals surface area contributed by atoms with Gasteiger partial charge in [-0.2, -0.15) is 0 Å². The number of halogens is 1. The Hall–Kier alpha value is -1.83. The van der Waals surface area contributed by atoms with Gasteiger partial charge in [0.2, 0.25) is 5.91 Å². The minimum absolute atomic E-state index is 0. The molecule has 1 aromatic rings. The second-order valence-corrected chi connectivity index (χ2v) is 6.45. The molecular formula is C18H29ClN4O3. The topological polar surface area (TPSA) is 105 Å². The average Bonchev–Trinajstić information content (AvgIpc) is 3.13. The molecule has 0 spiro atoms. The van der Waals surface area contributed by atoms with Crippen LogP contribution in [0.1, 0.15) is 33.1 Å². The molecule has 1 aromatic carbocycles. The fraction of sp³-hybridized carbons (Fsp3) is 0.556. The number of nitrogens with one attached hydrogen (secondary N) is 3. The highest BCUT2D eigenvalue weighted by Gasteiger charge is 2.19. The third kappa shape index (κ3) is 6.82. The van der Waals surface area contributed by atoms with E-state index in [1.165, 1.54) is 0 Å². The van der Waals surface area contributed by atoms with Crippen LogP contribution in [0, 0.1) is 5.92 Å². The summed E-state index contributed by atoms with van der Waals surface area (Å²) < 4.78 is 5.46. The first-order valence-corrected chi connectivity index (χ1v) is 8.82. The van der Waals surface area contributed by atoms with E-state index in [2.05, 4.69) is 16.0 Å². The number of hydrogen-bond acceptors (Lipinski definition) is 4. The van der Waals surface area contributed by atoms with Gasteiger partial charge in [-0.1, -0.05) is 20.3 Å². The van der Waals surface area contributed by atoms with Gasteiger partial charge in [0.05, 0.1) is 12.1 Å². The molecule has 3 amide bonds. The van der Waals surface area contributed by atoms with Crippen molar-refractivity contribution in [3.63, 3.8) is 0 Å². The number of amides is 3. The van der Waals surface area contributed by atoms with Crippen LogP contribution in [0.15, 0.2) is 24.3 Å². The highest BCUT2D eigenvalue weighted by Crippen LogP contribution is 2.15. The first-order chi connectivity index (χ1) is 12.0. The SMILES string of the molecule is CCC(C)C(N)C(=O)Nc1ccc(NC(=O)NCC2CCCO2)cc1.Cl. The van der Waals surface area contributed by atoms with E-state index in [-0.39, 0.29) is 36.4 Å². The van der Waals surface area contributed by atoms with E-state index >= 15 is 0 Å². The van der Waals surface area contributed by atoms with Crippen LogP contribution >= 0.6 is 12.4 Å². The fourth-order valence-electron chi connectivity index (χ4n) is 2.56. The summed E-state index contributed by atoms with van der Waals surface area (Å²) in [7, 11) is 0. The monoisotopic (exact) mass is 384 g/mol. The minimum Gasteiger partial charge on any atom is -0.376 e. The Morgan fingerprint density at radius 3 is 2.38 bits per heavy atom. The van der Waals surface area contributed by atoms with E-state index in [0.717, 1.165) is 25.9 Å². The maximum absolute atomic E-state index is 12.1. The first-order valence-electron chi connectivity index (χ1n) is 8.82. The Labute approximate surface area is 160 Å². The van der Waals surface area contributed by atoms with E-state index in [1.54, 1.807) is 24.3 Å². The Balaban J connectivity index is 0.00000338. The normalized spacial score (nSPS) is 18.3. The van der Waals surface area contributed by atoms with Gasteiger partial charge >= 0.3 is 6.03 Å². The van der Waals surface area contributed by atoms with E-state index in [1.807, 2.05) is 13.8 Å². The predicted octanol–water partition coefficient (Wildman–Crippen LogP) is 2.72. The number of carbonyl (C=O) groups is 2. The maximum atomic E-state index is 12.1. The Morgan fingerprint density at radius 1 is 1.23 bits per heavy atom. The van der Waals surface area contributed by atoms with Crippen LogP contribution < -0.4 is 21.7 Å². The molecule has 1 fully saturated rings. The number of benzene rings is 1. The molecule has 1 aliphatic rings. The number of urea groups is 1. The molecule has 3 atom stereocenters. The zero-order valence-electron chi connectivity index (χ0n) is 15.3. The van der Waals surface area contributed by atoms with Gasteiger partial charge in [-0.3, -0.25) is 4.79 Å². The highest BCUT2D eigenvalue weighted by molar-refractivity contribution is 5.95. The Bertz CT molecular complexity index is 576. The molecule has 0 saturated carbocycles. The lowest BCUT2D eigenvalue weighted by molar-refractivity contribution is -0.118. The quantitative estimate of drug-likeness (QED) is 0.580. The molecule has 7 nitrogen and oxygen atoms in total. The van der Waals surface area contributed by atoms with Gasteiger partial charge in [0.15, 0.2) is 0 Å². The fourth-order valence-corrected chi connectivity index (χ4v) is 2.56. The van der Waals surface area contributed by atoms with E-state index in [4.69, 9.17) is 10.5 Å². The molecule has 5 N–H and O–H groups in total. The molecule has 26 heavy (non-hydrogen) atoms. The summed E-state index contributed by atoms with van der Waals surface area (Å²) >= 11 is 0. The van der Waals surface area contributed by atoms with E-state index in [9.17, 15) is 9.59 Å². The number of rotatable bonds is 7. The van der Waals surface area contributed by atoms with Gasteiger partial charge in [-0.15, -0.1) is 12.4 Å². The van der Waals surface area contributed by atoms with Crippen LogP contribution in [0.4, 0.5) is 16.2 Å². The summed E-state index contributed by atoms with van der Waals surface area (Å²) in [5.41, 5.74) is 7.21. The third-order valence-corrected chi connectivity index (χ3v) is 4.48. The zero-order chi connectivity index (χ0) is 18.2. The van der Waals surface area contributed by atoms with Crippen molar-refractivity contribution < 1.29 is 14.3 Å². The van der Waals surface area contributed by atoms with Crippen LogP contribution in [0.3, 0.4) is 0 Å². The molecular weight excluding hydrogens is 356 g/mol. The van der Waals surface area contributed by atoms with Gasteiger partial charge in [-0.25, -0.2) is 4.79 Å². The van der Waals surface area contributed by atoms with Crippen molar-refractivity contribution in [2.45, 2.75) is 45.3 Å². The molecule has 1 aliphatic heterocycles. The van der Waals surface area contributed by atoms with Crippen LogP contribution in [0.25, 0.3) is 0 Å².